The van der Waals surface area contributed by atoms with Crippen LogP contribution in [0, 0.1) is 0 Å². The molecule has 0 aliphatic heterocycles. The van der Waals surface area contributed by atoms with Crippen LogP contribution in [0.1, 0.15) is 52.5 Å². The standard InChI is InChI=1S/C22H25N3O3/c1-15(24-22(28)18-5-3-2-4-6-18)13-20(26)25(19-11-12-19)14-16-7-9-17(10-8-16)21(23)27/h2-10,15,19H,11-14H2,1H3,(H2,23,27)(H,24,28). The topological polar surface area (TPSA) is 92.5 Å². The molecule has 3 N–H and O–H groups in total. The summed E-state index contributed by atoms with van der Waals surface area (Å²) in [6, 6.07) is 15.9. The molecule has 2 aromatic carbocycles. The van der Waals surface area contributed by atoms with E-state index < -0.39 is 5.91 Å². The Bertz CT molecular complexity index is 845. The van der Waals surface area contributed by atoms with Gasteiger partial charge >= 0.3 is 0 Å². The molecule has 1 saturated carbocycles. The quantitative estimate of drug-likeness (QED) is 0.738. The molecule has 0 saturated heterocycles. The molecule has 6 heteroatoms. The molecule has 0 bridgehead atoms. The maximum absolute atomic E-state index is 12.8. The average molecular weight is 379 g/mol. The van der Waals surface area contributed by atoms with Gasteiger partial charge in [0, 0.05) is 36.2 Å². The van der Waals surface area contributed by atoms with E-state index in [4.69, 9.17) is 5.73 Å². The Kier molecular flexibility index (Phi) is 6.09. The Morgan fingerprint density at radius 3 is 2.25 bits per heavy atom. The molecule has 146 valence electrons. The first-order valence-corrected chi connectivity index (χ1v) is 9.48. The summed E-state index contributed by atoms with van der Waals surface area (Å²) in [5.74, 6) is -0.632. The summed E-state index contributed by atoms with van der Waals surface area (Å²) in [5.41, 5.74) is 7.25. The third-order valence-electron chi connectivity index (χ3n) is 4.79. The van der Waals surface area contributed by atoms with Gasteiger partial charge in [-0.15, -0.1) is 0 Å². The van der Waals surface area contributed by atoms with Crippen molar-refractivity contribution in [2.24, 2.45) is 5.73 Å². The highest BCUT2D eigenvalue weighted by molar-refractivity contribution is 5.94. The van der Waals surface area contributed by atoms with Crippen LogP contribution in [0.2, 0.25) is 0 Å². The minimum atomic E-state index is -0.468. The van der Waals surface area contributed by atoms with Gasteiger partial charge in [-0.3, -0.25) is 14.4 Å². The lowest BCUT2D eigenvalue weighted by Gasteiger charge is -2.25. The van der Waals surface area contributed by atoms with Gasteiger partial charge in [0.2, 0.25) is 11.8 Å². The van der Waals surface area contributed by atoms with Gasteiger partial charge in [0.15, 0.2) is 0 Å². The van der Waals surface area contributed by atoms with Gasteiger partial charge in [-0.05, 0) is 49.6 Å². The van der Waals surface area contributed by atoms with Crippen LogP contribution in [0.3, 0.4) is 0 Å². The summed E-state index contributed by atoms with van der Waals surface area (Å²) in [6.45, 7) is 2.33. The normalized spacial score (nSPS) is 14.2. The summed E-state index contributed by atoms with van der Waals surface area (Å²) in [7, 11) is 0. The monoisotopic (exact) mass is 379 g/mol. The molecule has 1 unspecified atom stereocenters. The SMILES string of the molecule is CC(CC(=O)N(Cc1ccc(C(N)=O)cc1)C1CC1)NC(=O)c1ccccc1. The van der Waals surface area contributed by atoms with Gasteiger partial charge < -0.3 is 16.0 Å². The lowest BCUT2D eigenvalue weighted by molar-refractivity contribution is -0.132. The zero-order valence-corrected chi connectivity index (χ0v) is 15.9. The Morgan fingerprint density at radius 2 is 1.68 bits per heavy atom. The first-order chi connectivity index (χ1) is 13.4. The van der Waals surface area contributed by atoms with Crippen molar-refractivity contribution in [2.75, 3.05) is 0 Å². The first-order valence-electron chi connectivity index (χ1n) is 9.48. The number of primary amides is 1. The van der Waals surface area contributed by atoms with E-state index in [0.717, 1.165) is 18.4 Å². The molecule has 3 rings (SSSR count). The maximum Gasteiger partial charge on any atom is 0.251 e. The molecule has 0 radical (unpaired) electrons. The Hall–Kier alpha value is -3.15. The Labute approximate surface area is 164 Å². The molecule has 3 amide bonds. The number of carbonyl (C=O) groups excluding carboxylic acids is 3. The van der Waals surface area contributed by atoms with Crippen molar-refractivity contribution < 1.29 is 14.4 Å². The first kappa shape index (κ1) is 19.6. The van der Waals surface area contributed by atoms with Crippen LogP contribution in [-0.2, 0) is 11.3 Å². The highest BCUT2D eigenvalue weighted by Gasteiger charge is 2.33. The lowest BCUT2D eigenvalue weighted by Crippen LogP contribution is -2.40. The van der Waals surface area contributed by atoms with E-state index in [2.05, 4.69) is 5.32 Å². The fourth-order valence-corrected chi connectivity index (χ4v) is 3.11. The minimum absolute atomic E-state index is 0.0161. The average Bonchev–Trinajstić information content (AvgIpc) is 3.52. The molecule has 28 heavy (non-hydrogen) atoms. The van der Waals surface area contributed by atoms with Crippen molar-refractivity contribution in [3.05, 3.63) is 71.3 Å². The molecule has 1 aliphatic carbocycles. The van der Waals surface area contributed by atoms with Crippen LogP contribution >= 0.6 is 0 Å². The van der Waals surface area contributed by atoms with E-state index >= 15 is 0 Å². The predicted octanol–water partition coefficient (Wildman–Crippen LogP) is 2.49. The van der Waals surface area contributed by atoms with E-state index in [9.17, 15) is 14.4 Å². The van der Waals surface area contributed by atoms with Crippen molar-refractivity contribution in [2.45, 2.75) is 44.8 Å². The molecule has 1 aliphatic rings. The Morgan fingerprint density at radius 1 is 1.04 bits per heavy atom. The number of benzene rings is 2. The van der Waals surface area contributed by atoms with Crippen LogP contribution < -0.4 is 11.1 Å². The van der Waals surface area contributed by atoms with Crippen LogP contribution in [0.25, 0.3) is 0 Å². The molecule has 6 nitrogen and oxygen atoms in total. The smallest absolute Gasteiger partial charge is 0.251 e. The Balaban J connectivity index is 1.58. The third kappa shape index (κ3) is 5.19. The predicted molar refractivity (Wildman–Crippen MR) is 107 cm³/mol. The van der Waals surface area contributed by atoms with Crippen molar-refractivity contribution in [3.8, 4) is 0 Å². The zero-order valence-electron chi connectivity index (χ0n) is 15.9. The van der Waals surface area contributed by atoms with E-state index in [1.165, 1.54) is 0 Å². The van der Waals surface area contributed by atoms with Gasteiger partial charge in [0.05, 0.1) is 0 Å². The maximum atomic E-state index is 12.8. The van der Waals surface area contributed by atoms with Crippen LogP contribution in [-0.4, -0.2) is 34.7 Å². The van der Waals surface area contributed by atoms with Crippen LogP contribution in [0.15, 0.2) is 54.6 Å². The van der Waals surface area contributed by atoms with E-state index in [1.807, 2.05) is 42.2 Å². The van der Waals surface area contributed by atoms with Crippen molar-refractivity contribution in [3.63, 3.8) is 0 Å². The molecule has 1 fully saturated rings. The number of rotatable bonds is 8. The number of nitrogens with one attached hydrogen (secondary N) is 1. The highest BCUT2D eigenvalue weighted by Crippen LogP contribution is 2.29. The number of hydrogen-bond donors (Lipinski definition) is 2. The lowest BCUT2D eigenvalue weighted by atomic mass is 10.1. The highest BCUT2D eigenvalue weighted by atomic mass is 16.2. The fraction of sp³-hybridized carbons (Fsp3) is 0.318. The van der Waals surface area contributed by atoms with E-state index in [-0.39, 0.29) is 30.3 Å². The molecule has 2 aromatic rings. The zero-order chi connectivity index (χ0) is 20.1. The molecule has 0 aromatic heterocycles. The van der Waals surface area contributed by atoms with Crippen molar-refractivity contribution in [1.29, 1.82) is 0 Å². The summed E-state index contributed by atoms with van der Waals surface area (Å²) >= 11 is 0. The molecule has 0 heterocycles. The van der Waals surface area contributed by atoms with Gasteiger partial charge in [-0.1, -0.05) is 30.3 Å². The van der Waals surface area contributed by atoms with Crippen LogP contribution in [0.4, 0.5) is 0 Å². The molecular weight excluding hydrogens is 354 g/mol. The van der Waals surface area contributed by atoms with Crippen molar-refractivity contribution >= 4 is 17.7 Å². The second kappa shape index (κ2) is 8.69. The van der Waals surface area contributed by atoms with Gasteiger partial charge in [-0.25, -0.2) is 0 Å². The molecule has 0 spiro atoms. The summed E-state index contributed by atoms with van der Waals surface area (Å²) in [4.78, 5) is 38.2. The fourth-order valence-electron chi connectivity index (χ4n) is 3.11. The number of nitrogens with zero attached hydrogens (tertiary/aromatic N) is 1. The van der Waals surface area contributed by atoms with Crippen LogP contribution in [0.5, 0.6) is 0 Å². The molecule has 1 atom stereocenters. The summed E-state index contributed by atoms with van der Waals surface area (Å²) in [6.07, 6.45) is 2.24. The minimum Gasteiger partial charge on any atom is -0.366 e. The largest absolute Gasteiger partial charge is 0.366 e. The van der Waals surface area contributed by atoms with Gasteiger partial charge in [0.1, 0.15) is 0 Å². The van der Waals surface area contributed by atoms with E-state index in [1.54, 1.807) is 24.3 Å². The summed E-state index contributed by atoms with van der Waals surface area (Å²) in [5, 5.41) is 2.89. The summed E-state index contributed by atoms with van der Waals surface area (Å²) < 4.78 is 0. The third-order valence-corrected chi connectivity index (χ3v) is 4.79. The van der Waals surface area contributed by atoms with E-state index in [0.29, 0.717) is 17.7 Å². The van der Waals surface area contributed by atoms with Crippen molar-refractivity contribution in [1.82, 2.24) is 10.2 Å². The van der Waals surface area contributed by atoms with Gasteiger partial charge in [0.25, 0.3) is 5.91 Å². The molecular formula is C22H25N3O3. The second-order valence-corrected chi connectivity index (χ2v) is 7.26. The van der Waals surface area contributed by atoms with Gasteiger partial charge in [-0.2, -0.15) is 0 Å². The number of nitrogens with two attached hydrogens (primary N) is 1. The second-order valence-electron chi connectivity index (χ2n) is 7.26. The number of amides is 3. The number of carbonyl (C=O) groups is 3. The number of hydrogen-bond acceptors (Lipinski definition) is 3.